The first kappa shape index (κ1) is 11.5. The van der Waals surface area contributed by atoms with Crippen LogP contribution in [0.25, 0.3) is 0 Å². The number of thiophene rings is 1. The van der Waals surface area contributed by atoms with Gasteiger partial charge in [-0.25, -0.2) is 10.8 Å². The standard InChI is InChI=1S/C10H11N5OS/c11-15-9-6-12-5-8(14-9)10(16)13-4-7-2-1-3-17-7/h1-3,5-6H,4,11H2,(H,13,16)(H,14,15). The number of carbonyl (C=O) groups is 1. The molecule has 0 saturated heterocycles. The second-order valence-electron chi connectivity index (χ2n) is 3.20. The Kier molecular flexibility index (Phi) is 3.63. The average Bonchev–Trinajstić information content (AvgIpc) is 2.89. The summed E-state index contributed by atoms with van der Waals surface area (Å²) in [5, 5.41) is 4.71. The van der Waals surface area contributed by atoms with Gasteiger partial charge in [-0.15, -0.1) is 11.3 Å². The monoisotopic (exact) mass is 249 g/mol. The summed E-state index contributed by atoms with van der Waals surface area (Å²) in [5.74, 6) is 5.27. The van der Waals surface area contributed by atoms with Gasteiger partial charge in [0.15, 0.2) is 5.82 Å². The highest BCUT2D eigenvalue weighted by Crippen LogP contribution is 2.08. The Morgan fingerprint density at radius 1 is 1.47 bits per heavy atom. The highest BCUT2D eigenvalue weighted by Gasteiger charge is 2.08. The van der Waals surface area contributed by atoms with Crippen LogP contribution in [0.1, 0.15) is 15.4 Å². The highest BCUT2D eigenvalue weighted by molar-refractivity contribution is 7.09. The Morgan fingerprint density at radius 2 is 2.35 bits per heavy atom. The molecule has 4 N–H and O–H groups in total. The van der Waals surface area contributed by atoms with Gasteiger partial charge in [-0.1, -0.05) is 6.07 Å². The number of nitrogen functional groups attached to an aromatic ring is 1. The molecule has 2 rings (SSSR count). The van der Waals surface area contributed by atoms with Crippen molar-refractivity contribution in [2.24, 2.45) is 5.84 Å². The Labute approximate surface area is 102 Å². The van der Waals surface area contributed by atoms with E-state index in [1.165, 1.54) is 12.4 Å². The Hall–Kier alpha value is -1.99. The van der Waals surface area contributed by atoms with E-state index in [9.17, 15) is 4.79 Å². The molecule has 0 radical (unpaired) electrons. The van der Waals surface area contributed by atoms with Gasteiger partial charge in [-0.05, 0) is 11.4 Å². The van der Waals surface area contributed by atoms with Crippen molar-refractivity contribution in [3.05, 3.63) is 40.5 Å². The molecule has 0 aliphatic carbocycles. The number of carbonyl (C=O) groups excluding carboxylic acids is 1. The molecule has 2 aromatic heterocycles. The molecule has 7 heteroatoms. The van der Waals surface area contributed by atoms with E-state index in [2.05, 4.69) is 20.7 Å². The van der Waals surface area contributed by atoms with Gasteiger partial charge in [0.1, 0.15) is 5.69 Å². The van der Waals surface area contributed by atoms with Gasteiger partial charge in [0.05, 0.1) is 18.9 Å². The molecular weight excluding hydrogens is 238 g/mol. The summed E-state index contributed by atoms with van der Waals surface area (Å²) in [6, 6.07) is 3.89. The van der Waals surface area contributed by atoms with Crippen LogP contribution in [0.5, 0.6) is 0 Å². The lowest BCUT2D eigenvalue weighted by Gasteiger charge is -2.04. The third-order valence-corrected chi connectivity index (χ3v) is 2.89. The van der Waals surface area contributed by atoms with Gasteiger partial charge in [-0.3, -0.25) is 9.78 Å². The van der Waals surface area contributed by atoms with Crippen molar-refractivity contribution in [3.8, 4) is 0 Å². The molecule has 0 aliphatic rings. The summed E-state index contributed by atoms with van der Waals surface area (Å²) >= 11 is 1.58. The first-order chi connectivity index (χ1) is 8.29. The number of nitrogens with one attached hydrogen (secondary N) is 2. The van der Waals surface area contributed by atoms with E-state index >= 15 is 0 Å². The molecule has 88 valence electrons. The second-order valence-corrected chi connectivity index (χ2v) is 4.23. The summed E-state index contributed by atoms with van der Waals surface area (Å²) in [4.78, 5) is 20.7. The normalized spacial score (nSPS) is 9.94. The predicted octanol–water partition coefficient (Wildman–Crippen LogP) is 0.754. The maximum Gasteiger partial charge on any atom is 0.271 e. The Morgan fingerprint density at radius 3 is 3.06 bits per heavy atom. The SMILES string of the molecule is NNc1cncc(C(=O)NCc2cccs2)n1. The molecule has 0 fully saturated rings. The maximum absolute atomic E-state index is 11.7. The average molecular weight is 249 g/mol. The number of hydrogen-bond acceptors (Lipinski definition) is 6. The smallest absolute Gasteiger partial charge is 0.271 e. The molecule has 1 amide bonds. The number of nitrogens with two attached hydrogens (primary N) is 1. The van der Waals surface area contributed by atoms with Gasteiger partial charge in [0.25, 0.3) is 5.91 Å². The van der Waals surface area contributed by atoms with Crippen molar-refractivity contribution in [2.75, 3.05) is 5.43 Å². The molecule has 0 atom stereocenters. The summed E-state index contributed by atoms with van der Waals surface area (Å²) in [6.07, 6.45) is 2.83. The van der Waals surface area contributed by atoms with Crippen LogP contribution in [0.15, 0.2) is 29.9 Å². The lowest BCUT2D eigenvalue weighted by molar-refractivity contribution is 0.0946. The number of rotatable bonds is 4. The number of aromatic nitrogens is 2. The molecule has 6 nitrogen and oxygen atoms in total. The summed E-state index contributed by atoms with van der Waals surface area (Å²) in [7, 11) is 0. The lowest BCUT2D eigenvalue weighted by atomic mass is 10.4. The van der Waals surface area contributed by atoms with E-state index < -0.39 is 0 Å². The molecule has 0 saturated carbocycles. The second kappa shape index (κ2) is 5.37. The van der Waals surface area contributed by atoms with Crippen LogP contribution in [0.4, 0.5) is 5.82 Å². The molecule has 0 aromatic carbocycles. The minimum absolute atomic E-state index is 0.233. The zero-order valence-electron chi connectivity index (χ0n) is 8.88. The fourth-order valence-electron chi connectivity index (χ4n) is 1.22. The van der Waals surface area contributed by atoms with Gasteiger partial charge in [0, 0.05) is 4.88 Å². The van der Waals surface area contributed by atoms with E-state index in [0.29, 0.717) is 12.4 Å². The van der Waals surface area contributed by atoms with E-state index in [0.717, 1.165) is 4.88 Å². The minimum Gasteiger partial charge on any atom is -0.346 e. The molecular formula is C10H11N5OS. The molecule has 0 unspecified atom stereocenters. The maximum atomic E-state index is 11.7. The Bertz CT molecular complexity index is 499. The van der Waals surface area contributed by atoms with E-state index in [1.54, 1.807) is 11.3 Å². The van der Waals surface area contributed by atoms with Gasteiger partial charge < -0.3 is 10.7 Å². The van der Waals surface area contributed by atoms with Crippen molar-refractivity contribution in [2.45, 2.75) is 6.54 Å². The molecule has 0 spiro atoms. The number of anilines is 1. The molecule has 2 aromatic rings. The van der Waals surface area contributed by atoms with Crippen LogP contribution in [-0.4, -0.2) is 15.9 Å². The van der Waals surface area contributed by atoms with E-state index in [4.69, 9.17) is 5.84 Å². The van der Waals surface area contributed by atoms with Crippen molar-refractivity contribution < 1.29 is 4.79 Å². The third-order valence-electron chi connectivity index (χ3n) is 2.02. The van der Waals surface area contributed by atoms with Crippen molar-refractivity contribution in [3.63, 3.8) is 0 Å². The molecule has 2 heterocycles. The van der Waals surface area contributed by atoms with E-state index in [1.807, 2.05) is 17.5 Å². The fraction of sp³-hybridized carbons (Fsp3) is 0.100. The quantitative estimate of drug-likeness (QED) is 0.549. The van der Waals surface area contributed by atoms with Crippen LogP contribution >= 0.6 is 11.3 Å². The van der Waals surface area contributed by atoms with Crippen LogP contribution in [-0.2, 0) is 6.54 Å². The summed E-state index contributed by atoms with van der Waals surface area (Å²) in [6.45, 7) is 0.485. The van der Waals surface area contributed by atoms with Crippen LogP contribution < -0.4 is 16.6 Å². The fourth-order valence-corrected chi connectivity index (χ4v) is 1.86. The zero-order chi connectivity index (χ0) is 12.1. The number of hydrazine groups is 1. The molecule has 17 heavy (non-hydrogen) atoms. The van der Waals surface area contributed by atoms with E-state index in [-0.39, 0.29) is 11.6 Å². The van der Waals surface area contributed by atoms with Crippen LogP contribution in [0.3, 0.4) is 0 Å². The highest BCUT2D eigenvalue weighted by atomic mass is 32.1. The van der Waals surface area contributed by atoms with Crippen molar-refractivity contribution in [1.82, 2.24) is 15.3 Å². The summed E-state index contributed by atoms with van der Waals surface area (Å²) < 4.78 is 0. The van der Waals surface area contributed by atoms with Crippen molar-refractivity contribution >= 4 is 23.1 Å². The summed E-state index contributed by atoms with van der Waals surface area (Å²) in [5.41, 5.74) is 2.57. The van der Waals surface area contributed by atoms with Gasteiger partial charge >= 0.3 is 0 Å². The van der Waals surface area contributed by atoms with Crippen LogP contribution in [0.2, 0.25) is 0 Å². The minimum atomic E-state index is -0.275. The molecule has 0 bridgehead atoms. The number of amides is 1. The first-order valence-corrected chi connectivity index (χ1v) is 5.77. The topological polar surface area (TPSA) is 92.9 Å². The Balaban J connectivity index is 1.99. The third kappa shape index (κ3) is 2.99. The van der Waals surface area contributed by atoms with Crippen LogP contribution in [0, 0.1) is 0 Å². The van der Waals surface area contributed by atoms with Crippen molar-refractivity contribution in [1.29, 1.82) is 0 Å². The van der Waals surface area contributed by atoms with Gasteiger partial charge in [0.2, 0.25) is 0 Å². The number of nitrogens with zero attached hydrogens (tertiary/aromatic N) is 2. The first-order valence-electron chi connectivity index (χ1n) is 4.89. The molecule has 0 aliphatic heterocycles. The number of hydrogen-bond donors (Lipinski definition) is 3. The largest absolute Gasteiger partial charge is 0.346 e. The zero-order valence-corrected chi connectivity index (χ0v) is 9.70. The lowest BCUT2D eigenvalue weighted by Crippen LogP contribution is -2.24. The van der Waals surface area contributed by atoms with Gasteiger partial charge in [-0.2, -0.15) is 0 Å². The predicted molar refractivity (Wildman–Crippen MR) is 65.3 cm³/mol.